The molecule has 4 aliphatic carbocycles. The summed E-state index contributed by atoms with van der Waals surface area (Å²) in [6.45, 7) is 1.85. The summed E-state index contributed by atoms with van der Waals surface area (Å²) >= 11 is 0. The number of allylic oxidation sites excluding steroid dienone is 2. The highest BCUT2D eigenvalue weighted by atomic mass is 16.4. The van der Waals surface area contributed by atoms with Crippen molar-refractivity contribution in [3.8, 4) is 12.3 Å². The Morgan fingerprint density at radius 1 is 1.42 bits per heavy atom. The molecule has 0 aromatic rings. The molecule has 4 aliphatic rings. The predicted octanol–water partition coefficient (Wildman–Crippen LogP) is 4.14. The van der Waals surface area contributed by atoms with Gasteiger partial charge in [0, 0.05) is 15.0 Å². The quantitative estimate of drug-likeness (QED) is 0.430. The van der Waals surface area contributed by atoms with E-state index in [2.05, 4.69) is 11.1 Å². The van der Waals surface area contributed by atoms with Gasteiger partial charge in [0.25, 0.3) is 0 Å². The molecule has 6 atom stereocenters. The molecule has 0 spiro atoms. The van der Waals surface area contributed by atoms with E-state index in [9.17, 15) is 11.7 Å². The van der Waals surface area contributed by atoms with Crippen molar-refractivity contribution in [2.75, 3.05) is 0 Å². The Labute approximate surface area is 156 Å². The van der Waals surface area contributed by atoms with Crippen molar-refractivity contribution in [1.82, 2.24) is 0 Å². The summed E-state index contributed by atoms with van der Waals surface area (Å²) < 4.78 is 69.0. The van der Waals surface area contributed by atoms with E-state index in [-0.39, 0.29) is 18.4 Å². The number of aliphatic hydroxyl groups is 1. The van der Waals surface area contributed by atoms with Gasteiger partial charge in [-0.1, -0.05) is 23.6 Å². The summed E-state index contributed by atoms with van der Waals surface area (Å²) in [5.74, 6) is -0.925. The van der Waals surface area contributed by atoms with Crippen LogP contribution in [0, 0.1) is 41.4 Å². The number of nitrogens with zero attached hydrogens (tertiary/aromatic N) is 1. The highest BCUT2D eigenvalue weighted by Crippen LogP contribution is 2.66. The van der Waals surface area contributed by atoms with Crippen molar-refractivity contribution in [2.24, 2.45) is 34.2 Å². The summed E-state index contributed by atoms with van der Waals surface area (Å²) in [7, 11) is 0. The fourth-order valence-electron chi connectivity index (χ4n) is 5.60. The molecule has 0 aliphatic heterocycles. The molecule has 3 fully saturated rings. The van der Waals surface area contributed by atoms with Crippen LogP contribution in [-0.2, 0) is 0 Å². The van der Waals surface area contributed by atoms with Crippen LogP contribution in [0.2, 0.25) is 0 Å². The van der Waals surface area contributed by atoms with Gasteiger partial charge in [0.1, 0.15) is 5.60 Å². The Balaban J connectivity index is 1.91. The smallest absolute Gasteiger partial charge is 0.131 e. The second-order valence-electron chi connectivity index (χ2n) is 7.37. The molecular weight excluding hydrogens is 298 g/mol. The normalized spacial score (nSPS) is 63.5. The minimum absolute atomic E-state index is 0.0577. The fraction of sp³-hybridized carbons (Fsp3) is 0.762. The lowest BCUT2D eigenvalue weighted by Gasteiger charge is -2.56. The van der Waals surface area contributed by atoms with Gasteiger partial charge in [-0.25, -0.2) is 0 Å². The molecule has 3 nitrogen and oxygen atoms in total. The standard InChI is InChI=1S/C21H29NO2/c1-3-20-11-9-17-16-8-6-15(22-24)13-14(16)5-7-18(17)19(20)10-12-21(20,23)4-2/h2,13,16-19,23-24H,3,5-12H2,1H3/b22-15-/t16-,17?,18?,19?,20-,21-/m0/s1/i5D2,6D2,12D2,13D,16D. The van der Waals surface area contributed by atoms with Crippen molar-refractivity contribution in [2.45, 2.75) is 70.2 Å². The molecule has 0 aromatic carbocycles. The third-order valence-corrected chi connectivity index (χ3v) is 6.86. The van der Waals surface area contributed by atoms with Gasteiger partial charge in [0.15, 0.2) is 0 Å². The Kier molecular flexibility index (Phi) is 2.21. The zero-order chi connectivity index (χ0) is 24.1. The fourth-order valence-corrected chi connectivity index (χ4v) is 5.60. The van der Waals surface area contributed by atoms with E-state index in [1.54, 1.807) is 0 Å². The Hall–Kier alpha value is -1.27. The van der Waals surface area contributed by atoms with Gasteiger partial charge in [-0.15, -0.1) is 6.42 Å². The summed E-state index contributed by atoms with van der Waals surface area (Å²) in [4.78, 5) is 0. The van der Waals surface area contributed by atoms with Gasteiger partial charge in [-0.05, 0) is 87.3 Å². The molecule has 0 radical (unpaired) electrons. The maximum absolute atomic E-state index is 11.4. The van der Waals surface area contributed by atoms with Crippen molar-refractivity contribution in [3.05, 3.63) is 11.6 Å². The molecule has 2 N–H and O–H groups in total. The van der Waals surface area contributed by atoms with Crippen LogP contribution in [0.1, 0.15) is 75.5 Å². The largest absolute Gasteiger partial charge is 0.411 e. The van der Waals surface area contributed by atoms with Gasteiger partial charge < -0.3 is 10.3 Å². The van der Waals surface area contributed by atoms with Crippen LogP contribution < -0.4 is 0 Å². The summed E-state index contributed by atoms with van der Waals surface area (Å²) in [5, 5.41) is 23.7. The number of hydrogen-bond acceptors (Lipinski definition) is 3. The Bertz CT molecular complexity index is 956. The molecular formula is C21H29NO2. The van der Waals surface area contributed by atoms with Crippen molar-refractivity contribution >= 4 is 5.71 Å². The van der Waals surface area contributed by atoms with E-state index in [0.717, 1.165) is 0 Å². The first-order valence-electron chi connectivity index (χ1n) is 12.7. The van der Waals surface area contributed by atoms with E-state index >= 15 is 0 Å². The monoisotopic (exact) mass is 335 g/mol. The topological polar surface area (TPSA) is 52.8 Å². The molecule has 3 unspecified atom stereocenters. The van der Waals surface area contributed by atoms with Crippen molar-refractivity contribution < 1.29 is 21.3 Å². The highest BCUT2D eigenvalue weighted by Gasteiger charge is 2.63. The van der Waals surface area contributed by atoms with Crippen LogP contribution in [0.4, 0.5) is 0 Å². The molecule has 0 heterocycles. The maximum Gasteiger partial charge on any atom is 0.131 e. The highest BCUT2D eigenvalue weighted by molar-refractivity contribution is 5.96. The summed E-state index contributed by atoms with van der Waals surface area (Å²) in [6, 6.07) is -0.559. The summed E-state index contributed by atoms with van der Waals surface area (Å²) in [6.07, 6.45) is -0.326. The van der Waals surface area contributed by atoms with Crippen LogP contribution in [0.25, 0.3) is 0 Å². The first-order valence-corrected chi connectivity index (χ1v) is 8.73. The first-order chi connectivity index (χ1) is 14.6. The van der Waals surface area contributed by atoms with Crippen LogP contribution in [-0.4, -0.2) is 21.6 Å². The number of hydrogen-bond donors (Lipinski definition) is 2. The molecule has 130 valence electrons. The maximum atomic E-state index is 11.4. The SMILES string of the molecule is [2H]C1=C2C([2H])([2H])CC3C4CC([2H])([2H])[C@@](O)(C#C)[C@@]4(CC)CCC3[C@@]2([2H])CC([2H])([2H])/C1=N/O. The van der Waals surface area contributed by atoms with Gasteiger partial charge in [-0.2, -0.15) is 0 Å². The lowest BCUT2D eigenvalue weighted by atomic mass is 9.49. The molecule has 3 heteroatoms. The van der Waals surface area contributed by atoms with E-state index in [1.807, 2.05) is 6.92 Å². The predicted molar refractivity (Wildman–Crippen MR) is 94.7 cm³/mol. The van der Waals surface area contributed by atoms with Crippen molar-refractivity contribution in [3.63, 3.8) is 0 Å². The summed E-state index contributed by atoms with van der Waals surface area (Å²) in [5.41, 5.74) is -3.70. The Morgan fingerprint density at radius 2 is 2.25 bits per heavy atom. The molecule has 0 aromatic heterocycles. The zero-order valence-corrected chi connectivity index (χ0v) is 13.9. The zero-order valence-electron chi connectivity index (χ0n) is 21.9. The van der Waals surface area contributed by atoms with Crippen molar-refractivity contribution in [1.29, 1.82) is 0 Å². The van der Waals surface area contributed by atoms with Crippen LogP contribution >= 0.6 is 0 Å². The number of oxime groups is 1. The van der Waals surface area contributed by atoms with E-state index in [0.29, 0.717) is 19.3 Å². The van der Waals surface area contributed by atoms with Gasteiger partial charge in [0.05, 0.1) is 7.08 Å². The third kappa shape index (κ3) is 1.99. The molecule has 0 bridgehead atoms. The average molecular weight is 336 g/mol. The van der Waals surface area contributed by atoms with E-state index < -0.39 is 72.0 Å². The molecule has 3 saturated carbocycles. The van der Waals surface area contributed by atoms with E-state index in [1.165, 1.54) is 0 Å². The second-order valence-corrected chi connectivity index (χ2v) is 7.37. The minimum atomic E-state index is -2.28. The number of fused-ring (bicyclic) bond motifs is 5. The molecule has 0 amide bonds. The molecule has 4 rings (SSSR count). The lowest BCUT2D eigenvalue weighted by molar-refractivity contribution is -0.0989. The second kappa shape index (κ2) is 5.63. The lowest BCUT2D eigenvalue weighted by Crippen LogP contribution is -2.53. The van der Waals surface area contributed by atoms with Crippen LogP contribution in [0.5, 0.6) is 0 Å². The first kappa shape index (κ1) is 9.43. The minimum Gasteiger partial charge on any atom is -0.411 e. The van der Waals surface area contributed by atoms with Crippen LogP contribution in [0.3, 0.4) is 0 Å². The molecule has 0 saturated heterocycles. The van der Waals surface area contributed by atoms with Crippen LogP contribution in [0.15, 0.2) is 16.8 Å². The van der Waals surface area contributed by atoms with Gasteiger partial charge in [0.2, 0.25) is 0 Å². The Morgan fingerprint density at radius 3 is 2.96 bits per heavy atom. The van der Waals surface area contributed by atoms with Gasteiger partial charge >= 0.3 is 0 Å². The average Bonchev–Trinajstić information content (AvgIpc) is 2.84. The number of terminal acetylenes is 1. The molecule has 24 heavy (non-hydrogen) atoms. The van der Waals surface area contributed by atoms with E-state index in [4.69, 9.17) is 16.0 Å². The third-order valence-electron chi connectivity index (χ3n) is 6.86. The number of rotatable bonds is 1. The van der Waals surface area contributed by atoms with Gasteiger partial charge in [-0.3, -0.25) is 0 Å².